The molecule has 5 heteroatoms. The smallest absolute Gasteiger partial charge is 0.253 e. The summed E-state index contributed by atoms with van der Waals surface area (Å²) in [4.78, 5) is 28.1. The second-order valence-electron chi connectivity index (χ2n) is 6.85. The van der Waals surface area contributed by atoms with Crippen LogP contribution in [-0.2, 0) is 6.54 Å². The van der Waals surface area contributed by atoms with Gasteiger partial charge in [0, 0.05) is 43.9 Å². The van der Waals surface area contributed by atoms with Crippen molar-refractivity contribution in [2.45, 2.75) is 25.4 Å². The maximum absolute atomic E-state index is 12.7. The molecule has 2 aromatic carbocycles. The Morgan fingerprint density at radius 1 is 1.00 bits per heavy atom. The fourth-order valence-electron chi connectivity index (χ4n) is 3.45. The number of carbonyl (C=O) groups excluding carboxylic acids is 2. The molecular formula is C21H25N3O2. The average Bonchev–Trinajstić information content (AvgIpc) is 2.68. The van der Waals surface area contributed by atoms with Crippen LogP contribution in [0.5, 0.6) is 0 Å². The van der Waals surface area contributed by atoms with Crippen LogP contribution in [0.4, 0.5) is 0 Å². The van der Waals surface area contributed by atoms with E-state index in [0.29, 0.717) is 11.1 Å². The minimum absolute atomic E-state index is 0.0115. The zero-order chi connectivity index (χ0) is 18.5. The van der Waals surface area contributed by atoms with Crippen LogP contribution in [0.15, 0.2) is 54.6 Å². The van der Waals surface area contributed by atoms with E-state index in [9.17, 15) is 9.59 Å². The number of hydrogen-bond donors (Lipinski definition) is 1. The molecule has 0 radical (unpaired) electrons. The summed E-state index contributed by atoms with van der Waals surface area (Å²) in [6.45, 7) is 2.93. The molecule has 0 aliphatic carbocycles. The molecule has 0 spiro atoms. The summed E-state index contributed by atoms with van der Waals surface area (Å²) in [6, 6.07) is 17.3. The van der Waals surface area contributed by atoms with Gasteiger partial charge < -0.3 is 10.6 Å². The van der Waals surface area contributed by atoms with Crippen LogP contribution in [0.3, 0.4) is 0 Å². The Kier molecular flexibility index (Phi) is 5.68. The van der Waals surface area contributed by atoms with Gasteiger partial charge in [0.1, 0.15) is 0 Å². The van der Waals surface area contributed by atoms with Gasteiger partial charge in [-0.15, -0.1) is 0 Å². The third-order valence-corrected chi connectivity index (χ3v) is 5.09. The first-order chi connectivity index (χ1) is 12.5. The molecule has 0 aromatic heterocycles. The van der Waals surface area contributed by atoms with Crippen LogP contribution in [0, 0.1) is 0 Å². The normalized spacial score (nSPS) is 15.6. The maximum Gasteiger partial charge on any atom is 0.253 e. The molecule has 1 aliphatic rings. The first-order valence-corrected chi connectivity index (χ1v) is 8.98. The number of benzene rings is 2. The van der Waals surface area contributed by atoms with Crippen molar-refractivity contribution in [1.29, 1.82) is 0 Å². The SMILES string of the molecule is CN(C(=O)c1ccc(C(N)=O)cc1)C1CCN(Cc2ccccc2)CC1. The highest BCUT2D eigenvalue weighted by Gasteiger charge is 2.26. The molecule has 5 nitrogen and oxygen atoms in total. The Morgan fingerprint density at radius 2 is 1.58 bits per heavy atom. The molecule has 1 fully saturated rings. The molecule has 26 heavy (non-hydrogen) atoms. The van der Waals surface area contributed by atoms with E-state index in [1.165, 1.54) is 5.56 Å². The third kappa shape index (κ3) is 4.29. The van der Waals surface area contributed by atoms with Gasteiger partial charge in [0.2, 0.25) is 5.91 Å². The van der Waals surface area contributed by atoms with Crippen molar-refractivity contribution in [3.8, 4) is 0 Å². The Balaban J connectivity index is 1.55. The largest absolute Gasteiger partial charge is 0.366 e. The Hall–Kier alpha value is -2.66. The molecule has 1 saturated heterocycles. The van der Waals surface area contributed by atoms with E-state index >= 15 is 0 Å². The van der Waals surface area contributed by atoms with Gasteiger partial charge in [-0.05, 0) is 42.7 Å². The third-order valence-electron chi connectivity index (χ3n) is 5.09. The van der Waals surface area contributed by atoms with Gasteiger partial charge in [-0.3, -0.25) is 14.5 Å². The minimum atomic E-state index is -0.483. The van der Waals surface area contributed by atoms with Crippen LogP contribution < -0.4 is 5.73 Å². The average molecular weight is 351 g/mol. The van der Waals surface area contributed by atoms with E-state index in [0.717, 1.165) is 32.5 Å². The standard InChI is InChI=1S/C21H25N3O2/c1-23(21(26)18-9-7-17(8-10-18)20(22)25)19-11-13-24(14-12-19)15-16-5-3-2-4-6-16/h2-10,19H,11-15H2,1H3,(H2,22,25). The summed E-state index contributed by atoms with van der Waals surface area (Å²) in [5.74, 6) is -0.495. The summed E-state index contributed by atoms with van der Waals surface area (Å²) in [7, 11) is 1.86. The van der Waals surface area contributed by atoms with Gasteiger partial charge in [0.15, 0.2) is 0 Å². The molecule has 2 amide bonds. The van der Waals surface area contributed by atoms with Gasteiger partial charge in [-0.2, -0.15) is 0 Å². The predicted molar refractivity (Wildman–Crippen MR) is 102 cm³/mol. The van der Waals surface area contributed by atoms with Gasteiger partial charge in [0.25, 0.3) is 5.91 Å². The van der Waals surface area contributed by atoms with Crippen LogP contribution in [0.1, 0.15) is 39.1 Å². The lowest BCUT2D eigenvalue weighted by atomic mass is 10.0. The van der Waals surface area contributed by atoms with E-state index in [1.807, 2.05) is 18.0 Å². The van der Waals surface area contributed by atoms with Gasteiger partial charge >= 0.3 is 0 Å². The summed E-state index contributed by atoms with van der Waals surface area (Å²) >= 11 is 0. The number of likely N-dealkylation sites (tertiary alicyclic amines) is 1. The van der Waals surface area contributed by atoms with Crippen LogP contribution in [0.25, 0.3) is 0 Å². The van der Waals surface area contributed by atoms with Crippen LogP contribution >= 0.6 is 0 Å². The topological polar surface area (TPSA) is 66.6 Å². The van der Waals surface area contributed by atoms with Crippen molar-refractivity contribution in [1.82, 2.24) is 9.80 Å². The van der Waals surface area contributed by atoms with Crippen molar-refractivity contribution in [3.63, 3.8) is 0 Å². The summed E-state index contributed by atoms with van der Waals surface area (Å²) in [5, 5.41) is 0. The second-order valence-corrected chi connectivity index (χ2v) is 6.85. The monoisotopic (exact) mass is 351 g/mol. The fourth-order valence-corrected chi connectivity index (χ4v) is 3.45. The molecule has 136 valence electrons. The first kappa shape index (κ1) is 18.1. The highest BCUT2D eigenvalue weighted by Crippen LogP contribution is 2.19. The zero-order valence-electron chi connectivity index (χ0n) is 15.1. The van der Waals surface area contributed by atoms with E-state index in [2.05, 4.69) is 29.2 Å². The van der Waals surface area contributed by atoms with Crippen molar-refractivity contribution in [2.24, 2.45) is 5.73 Å². The highest BCUT2D eigenvalue weighted by molar-refractivity contribution is 5.97. The van der Waals surface area contributed by atoms with Gasteiger partial charge in [-0.25, -0.2) is 0 Å². The Morgan fingerprint density at radius 3 is 2.15 bits per heavy atom. The van der Waals surface area contributed by atoms with Crippen molar-refractivity contribution >= 4 is 11.8 Å². The lowest BCUT2D eigenvalue weighted by Crippen LogP contribution is -2.45. The lowest BCUT2D eigenvalue weighted by molar-refractivity contribution is 0.0636. The summed E-state index contributed by atoms with van der Waals surface area (Å²) in [6.07, 6.45) is 1.93. The number of primary amides is 1. The fraction of sp³-hybridized carbons (Fsp3) is 0.333. The van der Waals surface area contributed by atoms with Gasteiger partial charge in [-0.1, -0.05) is 30.3 Å². The molecule has 2 aromatic rings. The number of nitrogens with zero attached hydrogens (tertiary/aromatic N) is 2. The zero-order valence-corrected chi connectivity index (χ0v) is 15.1. The van der Waals surface area contributed by atoms with E-state index < -0.39 is 5.91 Å². The Labute approximate surface area is 154 Å². The minimum Gasteiger partial charge on any atom is -0.366 e. The van der Waals surface area contributed by atoms with Crippen LogP contribution in [0.2, 0.25) is 0 Å². The number of amides is 2. The van der Waals surface area contributed by atoms with E-state index in [1.54, 1.807) is 24.3 Å². The molecule has 0 atom stereocenters. The molecule has 3 rings (SSSR count). The summed E-state index contributed by atoms with van der Waals surface area (Å²) < 4.78 is 0. The number of hydrogen-bond acceptors (Lipinski definition) is 3. The Bertz CT molecular complexity index is 751. The molecule has 0 unspecified atom stereocenters. The van der Waals surface area contributed by atoms with E-state index in [-0.39, 0.29) is 11.9 Å². The molecule has 1 aliphatic heterocycles. The first-order valence-electron chi connectivity index (χ1n) is 8.98. The van der Waals surface area contributed by atoms with Crippen molar-refractivity contribution in [2.75, 3.05) is 20.1 Å². The quantitative estimate of drug-likeness (QED) is 0.900. The maximum atomic E-state index is 12.7. The second kappa shape index (κ2) is 8.15. The highest BCUT2D eigenvalue weighted by atomic mass is 16.2. The molecule has 0 saturated carbocycles. The predicted octanol–water partition coefficient (Wildman–Crippen LogP) is 2.52. The number of piperidine rings is 1. The molecular weight excluding hydrogens is 326 g/mol. The summed E-state index contributed by atoms with van der Waals surface area (Å²) in [5.41, 5.74) is 7.57. The lowest BCUT2D eigenvalue weighted by Gasteiger charge is -2.36. The van der Waals surface area contributed by atoms with Crippen molar-refractivity contribution < 1.29 is 9.59 Å². The number of nitrogens with two attached hydrogens (primary N) is 1. The molecule has 1 heterocycles. The number of carbonyl (C=O) groups is 2. The van der Waals surface area contributed by atoms with Gasteiger partial charge in [0.05, 0.1) is 0 Å². The van der Waals surface area contributed by atoms with E-state index in [4.69, 9.17) is 5.73 Å². The molecule has 0 bridgehead atoms. The van der Waals surface area contributed by atoms with Crippen molar-refractivity contribution in [3.05, 3.63) is 71.3 Å². The molecule has 2 N–H and O–H groups in total. The number of rotatable bonds is 5. The van der Waals surface area contributed by atoms with Crippen LogP contribution in [-0.4, -0.2) is 47.8 Å².